The highest BCUT2D eigenvalue weighted by atomic mass is 16.6. The Bertz CT molecular complexity index is 1250. The van der Waals surface area contributed by atoms with E-state index < -0.39 is 23.1 Å². The Morgan fingerprint density at radius 3 is 2.12 bits per heavy atom. The summed E-state index contributed by atoms with van der Waals surface area (Å²) in [5.41, 5.74) is 0.811. The minimum Gasteiger partial charge on any atom is -0.497 e. The summed E-state index contributed by atoms with van der Waals surface area (Å²) in [5, 5.41) is 0. The number of carbonyl (C=O) groups is 2. The molecule has 2 aromatic carbocycles. The normalized spacial score (nSPS) is 25.1. The minimum absolute atomic E-state index is 0.109. The molecule has 2 atom stereocenters. The summed E-state index contributed by atoms with van der Waals surface area (Å²) in [5.74, 6) is -0.684. The van der Waals surface area contributed by atoms with E-state index in [0.717, 1.165) is 41.5 Å². The predicted molar refractivity (Wildman–Crippen MR) is 125 cm³/mol. The highest BCUT2D eigenvalue weighted by Gasteiger charge is 2.68. The zero-order valence-electron chi connectivity index (χ0n) is 19.4. The van der Waals surface area contributed by atoms with Gasteiger partial charge in [-0.3, -0.25) is 0 Å². The zero-order chi connectivity index (χ0) is 23.9. The standard InChI is InChI=1S/C28H26O6/c1-31-22(18-11-7-8-12-18)17-27-20-15-9-10-16-21(20)28(34-27,19-13-5-4-6-14-19)24(26(30)33-3)23(27)25(29)32-2/h4-6,9-11,13-17H,7-8,12H2,1-3H3/b22-17-. The summed E-state index contributed by atoms with van der Waals surface area (Å²) in [7, 11) is 4.20. The van der Waals surface area contributed by atoms with Crippen LogP contribution in [0.5, 0.6) is 0 Å². The third kappa shape index (κ3) is 2.91. The van der Waals surface area contributed by atoms with Crippen LogP contribution in [0.3, 0.4) is 0 Å². The molecule has 0 aromatic heterocycles. The third-order valence-corrected chi connectivity index (χ3v) is 6.87. The van der Waals surface area contributed by atoms with Gasteiger partial charge in [0, 0.05) is 0 Å². The SMILES string of the molecule is COC(=O)C1=C(C(=O)OC)C2(c3ccccc3)OC1(/C=C(\OC)C1=CCCC1)c1ccccc12. The van der Waals surface area contributed by atoms with Gasteiger partial charge in [0.15, 0.2) is 11.2 Å². The molecule has 2 heterocycles. The summed E-state index contributed by atoms with van der Waals surface area (Å²) in [6.45, 7) is 0. The van der Waals surface area contributed by atoms with Crippen LogP contribution in [0.4, 0.5) is 0 Å². The predicted octanol–water partition coefficient (Wildman–Crippen LogP) is 4.45. The fraction of sp³-hybridized carbons (Fsp3) is 0.286. The summed E-state index contributed by atoms with van der Waals surface area (Å²) >= 11 is 0. The van der Waals surface area contributed by atoms with Gasteiger partial charge >= 0.3 is 11.9 Å². The van der Waals surface area contributed by atoms with E-state index in [0.29, 0.717) is 5.76 Å². The molecular weight excluding hydrogens is 432 g/mol. The van der Waals surface area contributed by atoms with Gasteiger partial charge in [0.25, 0.3) is 0 Å². The van der Waals surface area contributed by atoms with Gasteiger partial charge < -0.3 is 18.9 Å². The Morgan fingerprint density at radius 1 is 0.853 bits per heavy atom. The van der Waals surface area contributed by atoms with E-state index >= 15 is 0 Å². The number of carbonyl (C=O) groups excluding carboxylic acids is 2. The van der Waals surface area contributed by atoms with Gasteiger partial charge in [-0.15, -0.1) is 0 Å². The number of allylic oxidation sites excluding steroid dienone is 2. The first-order valence-electron chi connectivity index (χ1n) is 11.3. The lowest BCUT2D eigenvalue weighted by Crippen LogP contribution is -2.34. The Labute approximate surface area is 198 Å². The van der Waals surface area contributed by atoms with Gasteiger partial charge in [-0.05, 0) is 47.6 Å². The third-order valence-electron chi connectivity index (χ3n) is 6.87. The van der Waals surface area contributed by atoms with Crippen molar-refractivity contribution in [3.63, 3.8) is 0 Å². The molecule has 2 bridgehead atoms. The molecule has 0 saturated carbocycles. The maximum atomic E-state index is 13.4. The summed E-state index contributed by atoms with van der Waals surface area (Å²) in [6, 6.07) is 17.1. The molecular formula is C28H26O6. The van der Waals surface area contributed by atoms with Gasteiger partial charge in [-0.25, -0.2) is 9.59 Å². The average molecular weight is 459 g/mol. The largest absolute Gasteiger partial charge is 0.497 e. The number of esters is 2. The van der Waals surface area contributed by atoms with Crippen LogP contribution in [0.2, 0.25) is 0 Å². The molecule has 0 amide bonds. The number of rotatable bonds is 6. The van der Waals surface area contributed by atoms with Gasteiger partial charge in [0.05, 0.1) is 32.5 Å². The smallest absolute Gasteiger partial charge is 0.338 e. The van der Waals surface area contributed by atoms with Crippen molar-refractivity contribution in [1.82, 2.24) is 0 Å². The molecule has 0 fully saturated rings. The molecule has 34 heavy (non-hydrogen) atoms. The number of hydrogen-bond donors (Lipinski definition) is 0. The summed E-state index contributed by atoms with van der Waals surface area (Å²) in [6.07, 6.45) is 6.80. The number of fused-ring (bicyclic) bond motifs is 5. The van der Waals surface area contributed by atoms with E-state index in [1.54, 1.807) is 7.11 Å². The van der Waals surface area contributed by atoms with Crippen LogP contribution in [0.1, 0.15) is 36.0 Å². The van der Waals surface area contributed by atoms with E-state index in [2.05, 4.69) is 6.08 Å². The molecule has 0 N–H and O–H groups in total. The van der Waals surface area contributed by atoms with Crippen molar-refractivity contribution >= 4 is 11.9 Å². The fourth-order valence-electron chi connectivity index (χ4n) is 5.48. The average Bonchev–Trinajstić information content (AvgIpc) is 3.59. The molecule has 3 aliphatic rings. The number of methoxy groups -OCH3 is 3. The summed E-state index contributed by atoms with van der Waals surface area (Å²) < 4.78 is 23.1. The maximum Gasteiger partial charge on any atom is 0.338 e. The molecule has 1 aliphatic carbocycles. The van der Waals surface area contributed by atoms with E-state index in [-0.39, 0.29) is 11.1 Å². The van der Waals surface area contributed by atoms with Crippen LogP contribution < -0.4 is 0 Å². The van der Waals surface area contributed by atoms with E-state index in [4.69, 9.17) is 18.9 Å². The molecule has 2 unspecified atom stereocenters. The van der Waals surface area contributed by atoms with E-state index in [1.807, 2.05) is 60.7 Å². The Morgan fingerprint density at radius 2 is 1.50 bits per heavy atom. The summed E-state index contributed by atoms with van der Waals surface area (Å²) in [4.78, 5) is 26.7. The van der Waals surface area contributed by atoms with Crippen LogP contribution >= 0.6 is 0 Å². The lowest BCUT2D eigenvalue weighted by molar-refractivity contribution is -0.139. The molecule has 5 rings (SSSR count). The van der Waals surface area contributed by atoms with Crippen LogP contribution in [0.25, 0.3) is 0 Å². The molecule has 2 aliphatic heterocycles. The Balaban J connectivity index is 1.90. The quantitative estimate of drug-likeness (QED) is 0.471. The lowest BCUT2D eigenvalue weighted by atomic mass is 9.69. The van der Waals surface area contributed by atoms with Crippen molar-refractivity contribution in [1.29, 1.82) is 0 Å². The van der Waals surface area contributed by atoms with Crippen molar-refractivity contribution in [2.45, 2.75) is 30.5 Å². The van der Waals surface area contributed by atoms with E-state index in [9.17, 15) is 9.59 Å². The Hall–Kier alpha value is -3.64. The first kappa shape index (κ1) is 22.2. The maximum absolute atomic E-state index is 13.4. The van der Waals surface area contributed by atoms with Gasteiger partial charge in [-0.1, -0.05) is 60.7 Å². The first-order valence-corrected chi connectivity index (χ1v) is 11.3. The second-order valence-corrected chi connectivity index (χ2v) is 8.50. The van der Waals surface area contributed by atoms with Gasteiger partial charge in [0.1, 0.15) is 5.76 Å². The molecule has 6 nitrogen and oxygen atoms in total. The lowest BCUT2D eigenvalue weighted by Gasteiger charge is -2.29. The first-order chi connectivity index (χ1) is 16.5. The van der Waals surface area contributed by atoms with Crippen molar-refractivity contribution < 1.29 is 28.5 Å². The van der Waals surface area contributed by atoms with Gasteiger partial charge in [-0.2, -0.15) is 0 Å². The second-order valence-electron chi connectivity index (χ2n) is 8.50. The van der Waals surface area contributed by atoms with Crippen LogP contribution in [-0.4, -0.2) is 33.3 Å². The molecule has 6 heteroatoms. The topological polar surface area (TPSA) is 71.1 Å². The molecule has 0 radical (unpaired) electrons. The molecule has 0 spiro atoms. The monoisotopic (exact) mass is 458 g/mol. The van der Waals surface area contributed by atoms with Crippen LogP contribution in [0, 0.1) is 0 Å². The van der Waals surface area contributed by atoms with Gasteiger partial charge in [0.2, 0.25) is 0 Å². The molecule has 174 valence electrons. The zero-order valence-corrected chi connectivity index (χ0v) is 19.4. The van der Waals surface area contributed by atoms with Crippen molar-refractivity contribution in [2.24, 2.45) is 0 Å². The van der Waals surface area contributed by atoms with Crippen molar-refractivity contribution in [3.05, 3.63) is 106 Å². The van der Waals surface area contributed by atoms with E-state index in [1.165, 1.54) is 14.2 Å². The number of benzene rings is 2. The highest BCUT2D eigenvalue weighted by molar-refractivity contribution is 6.07. The number of ether oxygens (including phenoxy) is 4. The van der Waals surface area contributed by atoms with Crippen molar-refractivity contribution in [3.8, 4) is 0 Å². The minimum atomic E-state index is -1.39. The fourth-order valence-corrected chi connectivity index (χ4v) is 5.48. The van der Waals surface area contributed by atoms with Crippen LogP contribution in [-0.2, 0) is 39.7 Å². The molecule has 0 saturated heterocycles. The van der Waals surface area contributed by atoms with Crippen molar-refractivity contribution in [2.75, 3.05) is 21.3 Å². The second kappa shape index (κ2) is 8.29. The van der Waals surface area contributed by atoms with Crippen LogP contribution in [0.15, 0.2) is 89.2 Å². The highest BCUT2D eigenvalue weighted by Crippen LogP contribution is 2.65. The molecule has 2 aromatic rings. The number of hydrogen-bond acceptors (Lipinski definition) is 6. The Kier molecular flexibility index (Phi) is 5.41.